The second kappa shape index (κ2) is 10.1. The Morgan fingerprint density at radius 3 is 2.58 bits per heavy atom. The third kappa shape index (κ3) is 5.31. The van der Waals surface area contributed by atoms with Crippen molar-refractivity contribution in [3.8, 4) is 0 Å². The van der Waals surface area contributed by atoms with Crippen molar-refractivity contribution in [2.75, 3.05) is 42.9 Å². The quantitative estimate of drug-likeness (QED) is 0.667. The van der Waals surface area contributed by atoms with Crippen LogP contribution in [0.15, 0.2) is 42.9 Å². The van der Waals surface area contributed by atoms with Gasteiger partial charge in [0.15, 0.2) is 0 Å². The first-order chi connectivity index (χ1) is 15.8. The maximum absolute atomic E-state index is 13.5. The van der Waals surface area contributed by atoms with Crippen LogP contribution in [0, 0.1) is 0 Å². The summed E-state index contributed by atoms with van der Waals surface area (Å²) in [5, 5.41) is 7.41. The van der Waals surface area contributed by atoms with Gasteiger partial charge in [-0.3, -0.25) is 4.79 Å². The van der Waals surface area contributed by atoms with Crippen molar-refractivity contribution in [1.82, 2.24) is 20.2 Å². The SMILES string of the molecule is C=C1C[C@H](C)c2c(ncnc2N2CCN(C(=O)[C@H](CNC(C)C)c3ccc(Cl)cc3)CC2)N1. The fourth-order valence-corrected chi connectivity index (χ4v) is 4.76. The molecule has 2 aromatic rings. The summed E-state index contributed by atoms with van der Waals surface area (Å²) < 4.78 is 0. The van der Waals surface area contributed by atoms with Crippen LogP contribution in [0.5, 0.6) is 0 Å². The number of allylic oxidation sites excluding steroid dienone is 1. The minimum absolute atomic E-state index is 0.154. The molecule has 7 nitrogen and oxygen atoms in total. The summed E-state index contributed by atoms with van der Waals surface area (Å²) in [5.74, 6) is 2.04. The Bertz CT molecular complexity index is 1000. The molecule has 1 aromatic carbocycles. The van der Waals surface area contributed by atoms with Crippen LogP contribution >= 0.6 is 11.6 Å². The summed E-state index contributed by atoms with van der Waals surface area (Å²) in [5.41, 5.74) is 3.12. The minimum Gasteiger partial charge on any atom is -0.353 e. The molecule has 0 aliphatic carbocycles. The average Bonchev–Trinajstić information content (AvgIpc) is 2.79. The summed E-state index contributed by atoms with van der Waals surface area (Å²) in [4.78, 5) is 26.9. The van der Waals surface area contributed by atoms with E-state index in [2.05, 4.69) is 52.9 Å². The third-order valence-electron chi connectivity index (χ3n) is 6.40. The van der Waals surface area contributed by atoms with E-state index in [1.807, 2.05) is 29.2 Å². The Morgan fingerprint density at radius 1 is 1.21 bits per heavy atom. The van der Waals surface area contributed by atoms with Crippen molar-refractivity contribution in [3.05, 3.63) is 59.0 Å². The Kier molecular flexibility index (Phi) is 7.20. The second-order valence-corrected chi connectivity index (χ2v) is 9.71. The molecule has 0 unspecified atom stereocenters. The van der Waals surface area contributed by atoms with Gasteiger partial charge in [0.25, 0.3) is 0 Å². The first kappa shape index (κ1) is 23.5. The number of benzene rings is 1. The van der Waals surface area contributed by atoms with E-state index in [1.54, 1.807) is 6.33 Å². The number of rotatable bonds is 6. The molecule has 0 radical (unpaired) electrons. The summed E-state index contributed by atoms with van der Waals surface area (Å²) in [7, 11) is 0. The van der Waals surface area contributed by atoms with Crippen LogP contribution in [-0.4, -0.2) is 59.5 Å². The van der Waals surface area contributed by atoms with Crippen LogP contribution < -0.4 is 15.5 Å². The normalized spacial score (nSPS) is 19.3. The molecule has 0 saturated carbocycles. The lowest BCUT2D eigenvalue weighted by Gasteiger charge is -2.39. The zero-order chi connectivity index (χ0) is 23.5. The van der Waals surface area contributed by atoms with Crippen LogP contribution in [-0.2, 0) is 4.79 Å². The molecule has 3 heterocycles. The van der Waals surface area contributed by atoms with E-state index in [4.69, 9.17) is 11.6 Å². The number of piperazine rings is 1. The average molecular weight is 469 g/mol. The van der Waals surface area contributed by atoms with Gasteiger partial charge in [-0.15, -0.1) is 0 Å². The van der Waals surface area contributed by atoms with E-state index < -0.39 is 0 Å². The number of halogens is 1. The van der Waals surface area contributed by atoms with Gasteiger partial charge in [-0.25, -0.2) is 9.97 Å². The molecule has 0 bridgehead atoms. The van der Waals surface area contributed by atoms with E-state index in [0.29, 0.717) is 36.6 Å². The summed E-state index contributed by atoms with van der Waals surface area (Å²) >= 11 is 6.08. The van der Waals surface area contributed by atoms with Gasteiger partial charge in [0.05, 0.1) is 5.92 Å². The van der Waals surface area contributed by atoms with Crippen molar-refractivity contribution in [2.45, 2.75) is 45.1 Å². The van der Waals surface area contributed by atoms with Gasteiger partial charge >= 0.3 is 0 Å². The van der Waals surface area contributed by atoms with Crippen LogP contribution in [0.1, 0.15) is 50.2 Å². The van der Waals surface area contributed by atoms with E-state index >= 15 is 0 Å². The molecule has 1 amide bonds. The van der Waals surface area contributed by atoms with E-state index in [-0.39, 0.29) is 11.8 Å². The molecule has 4 rings (SSSR count). The van der Waals surface area contributed by atoms with Crippen molar-refractivity contribution < 1.29 is 4.79 Å². The fourth-order valence-electron chi connectivity index (χ4n) is 4.64. The predicted octanol–water partition coefficient (Wildman–Crippen LogP) is 3.99. The number of anilines is 2. The van der Waals surface area contributed by atoms with E-state index in [9.17, 15) is 4.79 Å². The van der Waals surface area contributed by atoms with Gasteiger partial charge in [-0.2, -0.15) is 0 Å². The second-order valence-electron chi connectivity index (χ2n) is 9.27. The lowest BCUT2D eigenvalue weighted by atomic mass is 9.93. The molecule has 1 fully saturated rings. The van der Waals surface area contributed by atoms with Crippen LogP contribution in [0.25, 0.3) is 0 Å². The summed E-state index contributed by atoms with van der Waals surface area (Å²) in [6, 6.07) is 7.93. The molecule has 176 valence electrons. The Hall–Kier alpha value is -2.64. The smallest absolute Gasteiger partial charge is 0.231 e. The number of fused-ring (bicyclic) bond motifs is 1. The lowest BCUT2D eigenvalue weighted by molar-refractivity contribution is -0.133. The minimum atomic E-state index is -0.238. The molecule has 0 spiro atoms. The molecule has 2 N–H and O–H groups in total. The standard InChI is InChI=1S/C25H33ClN6O/c1-16(2)27-14-21(19-5-7-20(26)8-6-19)25(33)32-11-9-31(10-12-32)24-22-17(3)13-18(4)30-23(22)28-15-29-24/h5-8,15-17,21,27H,4,9-14H2,1-3H3,(H,28,29,30)/t17-,21+/m0/s1. The van der Waals surface area contributed by atoms with Crippen molar-refractivity contribution in [3.63, 3.8) is 0 Å². The molecule has 1 aromatic heterocycles. The molecule has 8 heteroatoms. The fraction of sp³-hybridized carbons (Fsp3) is 0.480. The van der Waals surface area contributed by atoms with Crippen molar-refractivity contribution in [2.24, 2.45) is 0 Å². The van der Waals surface area contributed by atoms with Crippen LogP contribution in [0.4, 0.5) is 11.6 Å². The topological polar surface area (TPSA) is 73.4 Å². The molecule has 1 saturated heterocycles. The maximum Gasteiger partial charge on any atom is 0.231 e. The number of nitrogens with zero attached hydrogens (tertiary/aromatic N) is 4. The highest BCUT2D eigenvalue weighted by Crippen LogP contribution is 2.39. The number of aromatic nitrogens is 2. The van der Waals surface area contributed by atoms with Gasteiger partial charge in [-0.1, -0.05) is 51.1 Å². The van der Waals surface area contributed by atoms with Crippen LogP contribution in [0.2, 0.25) is 5.02 Å². The number of hydrogen-bond acceptors (Lipinski definition) is 6. The molecular formula is C25H33ClN6O. The Balaban J connectivity index is 1.47. The van der Waals surface area contributed by atoms with Gasteiger partial charge in [-0.05, 0) is 30.0 Å². The molecule has 33 heavy (non-hydrogen) atoms. The molecular weight excluding hydrogens is 436 g/mol. The highest BCUT2D eigenvalue weighted by Gasteiger charge is 2.32. The number of amides is 1. The molecule has 2 aliphatic rings. The van der Waals surface area contributed by atoms with E-state index in [0.717, 1.165) is 48.0 Å². The van der Waals surface area contributed by atoms with Crippen molar-refractivity contribution >= 4 is 29.1 Å². The Morgan fingerprint density at radius 2 is 1.91 bits per heavy atom. The van der Waals surface area contributed by atoms with E-state index in [1.165, 1.54) is 0 Å². The summed E-state index contributed by atoms with van der Waals surface area (Å²) in [6.45, 7) is 13.9. The first-order valence-electron chi connectivity index (χ1n) is 11.7. The van der Waals surface area contributed by atoms with Gasteiger partial charge in [0, 0.05) is 55.0 Å². The maximum atomic E-state index is 13.5. The number of hydrogen-bond donors (Lipinski definition) is 2. The first-order valence-corrected chi connectivity index (χ1v) is 12.0. The monoisotopic (exact) mass is 468 g/mol. The predicted molar refractivity (Wildman–Crippen MR) is 134 cm³/mol. The van der Waals surface area contributed by atoms with Gasteiger partial charge in [0.1, 0.15) is 18.0 Å². The highest BCUT2D eigenvalue weighted by atomic mass is 35.5. The van der Waals surface area contributed by atoms with Crippen molar-refractivity contribution in [1.29, 1.82) is 0 Å². The van der Waals surface area contributed by atoms with Crippen LogP contribution in [0.3, 0.4) is 0 Å². The van der Waals surface area contributed by atoms with Gasteiger partial charge in [0.2, 0.25) is 5.91 Å². The number of carbonyl (C=O) groups is 1. The molecule has 2 atom stereocenters. The third-order valence-corrected chi connectivity index (χ3v) is 6.65. The number of carbonyl (C=O) groups excluding carboxylic acids is 1. The Labute approximate surface area is 201 Å². The lowest BCUT2D eigenvalue weighted by Crippen LogP contribution is -2.51. The number of nitrogens with one attached hydrogen (secondary N) is 2. The zero-order valence-electron chi connectivity index (χ0n) is 19.6. The van der Waals surface area contributed by atoms with Gasteiger partial charge < -0.3 is 20.4 Å². The largest absolute Gasteiger partial charge is 0.353 e. The molecule has 2 aliphatic heterocycles. The highest BCUT2D eigenvalue weighted by molar-refractivity contribution is 6.30. The summed E-state index contributed by atoms with van der Waals surface area (Å²) in [6.07, 6.45) is 2.48. The zero-order valence-corrected chi connectivity index (χ0v) is 20.4.